The van der Waals surface area contributed by atoms with Crippen molar-refractivity contribution in [2.45, 2.75) is 95.0 Å². The number of phenolic OH excluding ortho intramolecular Hbond substituents is 2. The first-order valence-electron chi connectivity index (χ1n) is 18.1. The summed E-state index contributed by atoms with van der Waals surface area (Å²) in [6, 6.07) is 10.6. The zero-order chi connectivity index (χ0) is 36.8. The molecule has 2 aliphatic rings. The van der Waals surface area contributed by atoms with Crippen molar-refractivity contribution in [3.8, 4) is 34.6 Å². The van der Waals surface area contributed by atoms with E-state index in [1.807, 2.05) is 60.6 Å². The molecule has 0 aliphatic carbocycles. The lowest BCUT2D eigenvalue weighted by Gasteiger charge is -2.16. The molecule has 0 bridgehead atoms. The molecule has 15 heteroatoms. The van der Waals surface area contributed by atoms with Crippen molar-refractivity contribution in [2.24, 2.45) is 0 Å². The maximum Gasteiger partial charge on any atom is 0.319 e. The van der Waals surface area contributed by atoms with E-state index in [0.717, 1.165) is 55.2 Å². The highest BCUT2D eigenvalue weighted by Crippen LogP contribution is 2.39. The van der Waals surface area contributed by atoms with E-state index in [1.54, 1.807) is 6.07 Å². The summed E-state index contributed by atoms with van der Waals surface area (Å²) in [5.74, 6) is 1.05. The van der Waals surface area contributed by atoms with Crippen LogP contribution in [0.25, 0.3) is 28.0 Å². The molecule has 3 atom stereocenters. The Kier molecular flexibility index (Phi) is 11.8. The van der Waals surface area contributed by atoms with Gasteiger partial charge in [-0.15, -0.1) is 5.10 Å². The molecule has 7 N–H and O–H groups in total. The number of carbonyl (C=O) groups is 3. The molecule has 52 heavy (non-hydrogen) atoms. The lowest BCUT2D eigenvalue weighted by Crippen LogP contribution is -2.36. The predicted molar refractivity (Wildman–Crippen MR) is 200 cm³/mol. The fourth-order valence-electron chi connectivity index (χ4n) is 7.03. The van der Waals surface area contributed by atoms with Crippen LogP contribution in [0.3, 0.4) is 0 Å². The van der Waals surface area contributed by atoms with Gasteiger partial charge in [0.15, 0.2) is 5.82 Å². The number of benzene rings is 2. The summed E-state index contributed by atoms with van der Waals surface area (Å²) in [6.07, 6.45) is 8.12. The number of nitrogens with one attached hydrogen (secondary N) is 4. The number of carbonyl (C=O) groups excluding carboxylic acids is 3. The van der Waals surface area contributed by atoms with Crippen molar-refractivity contribution >= 4 is 40.5 Å². The van der Waals surface area contributed by atoms with Crippen LogP contribution in [0, 0.1) is 0 Å². The van der Waals surface area contributed by atoms with Gasteiger partial charge >= 0.3 is 12.0 Å². The van der Waals surface area contributed by atoms with E-state index in [-0.39, 0.29) is 59.2 Å². The van der Waals surface area contributed by atoms with E-state index in [2.05, 4.69) is 31.5 Å². The first-order valence-corrected chi connectivity index (χ1v) is 19.2. The molecule has 4 aromatic rings. The molecule has 2 saturated heterocycles. The van der Waals surface area contributed by atoms with Crippen LogP contribution in [-0.2, 0) is 16.1 Å². The van der Waals surface area contributed by atoms with Crippen LogP contribution in [0.4, 0.5) is 4.79 Å². The third-order valence-electron chi connectivity index (χ3n) is 9.82. The number of thioether (sulfide) groups is 1. The maximum atomic E-state index is 12.5. The molecular weight excluding hydrogens is 685 g/mol. The number of phenols is 2. The van der Waals surface area contributed by atoms with Gasteiger partial charge in [-0.3, -0.25) is 9.59 Å². The monoisotopic (exact) mass is 732 g/mol. The van der Waals surface area contributed by atoms with Crippen molar-refractivity contribution in [2.75, 3.05) is 18.8 Å². The van der Waals surface area contributed by atoms with Gasteiger partial charge in [0.25, 0.3) is 0 Å². The minimum Gasteiger partial charge on any atom is -0.508 e. The summed E-state index contributed by atoms with van der Waals surface area (Å²) in [5.41, 5.74) is 2.52. The molecule has 0 unspecified atom stereocenters. The van der Waals surface area contributed by atoms with Gasteiger partial charge in [-0.2, -0.15) is 11.8 Å². The van der Waals surface area contributed by atoms with Crippen molar-refractivity contribution in [1.82, 2.24) is 40.6 Å². The second-order valence-electron chi connectivity index (χ2n) is 13.9. The van der Waals surface area contributed by atoms with E-state index in [4.69, 9.17) is 0 Å². The molecule has 4 heterocycles. The fraction of sp³-hybridized carbons (Fsp3) is 0.486. The zero-order valence-electron chi connectivity index (χ0n) is 29.6. The Morgan fingerprint density at radius 2 is 1.69 bits per heavy atom. The summed E-state index contributed by atoms with van der Waals surface area (Å²) in [4.78, 5) is 36.2. The zero-order valence-corrected chi connectivity index (χ0v) is 30.4. The number of aromatic hydroxyl groups is 3. The molecule has 0 spiro atoms. The Morgan fingerprint density at radius 1 is 0.923 bits per heavy atom. The first-order chi connectivity index (χ1) is 25.1. The number of hydrogen-bond donors (Lipinski definition) is 7. The van der Waals surface area contributed by atoms with E-state index in [1.165, 1.54) is 10.6 Å². The van der Waals surface area contributed by atoms with Crippen LogP contribution in [0.5, 0.6) is 17.5 Å². The number of fused-ring (bicyclic) bond motifs is 2. The maximum absolute atomic E-state index is 12.5. The van der Waals surface area contributed by atoms with Gasteiger partial charge in [0.05, 0.1) is 23.3 Å². The van der Waals surface area contributed by atoms with Crippen LogP contribution >= 0.6 is 11.8 Å². The van der Waals surface area contributed by atoms with Gasteiger partial charge in [-0.25, -0.2) is 9.36 Å². The van der Waals surface area contributed by atoms with Crippen LogP contribution in [0.2, 0.25) is 0 Å². The van der Waals surface area contributed by atoms with E-state index in [0.29, 0.717) is 54.5 Å². The topological polar surface area (TPSA) is 196 Å². The highest BCUT2D eigenvalue weighted by atomic mass is 32.2. The molecule has 4 amide bonds. The lowest BCUT2D eigenvalue weighted by atomic mass is 9.98. The van der Waals surface area contributed by atoms with Gasteiger partial charge in [0, 0.05) is 66.6 Å². The smallest absolute Gasteiger partial charge is 0.319 e. The van der Waals surface area contributed by atoms with Crippen molar-refractivity contribution in [3.63, 3.8) is 0 Å². The number of hydrogen-bond acceptors (Lipinski definition) is 9. The molecule has 0 saturated carbocycles. The molecule has 0 radical (unpaired) electrons. The average Bonchev–Trinajstić information content (AvgIpc) is 3.88. The number of amides is 4. The summed E-state index contributed by atoms with van der Waals surface area (Å²) >= 11 is 1.90. The molecule has 6 rings (SSSR count). The summed E-state index contributed by atoms with van der Waals surface area (Å²) in [5, 5.41) is 52.8. The molecule has 2 aromatic carbocycles. The number of nitrogens with zero attached hydrogens (tertiary/aromatic N) is 4. The Morgan fingerprint density at radius 3 is 2.48 bits per heavy atom. The Labute approximate surface area is 306 Å². The van der Waals surface area contributed by atoms with Crippen LogP contribution in [0.15, 0.2) is 42.6 Å². The van der Waals surface area contributed by atoms with Gasteiger partial charge in [-0.1, -0.05) is 31.8 Å². The van der Waals surface area contributed by atoms with Gasteiger partial charge in [-0.05, 0) is 67.5 Å². The number of urea groups is 1. The first kappa shape index (κ1) is 36.9. The van der Waals surface area contributed by atoms with E-state index >= 15 is 0 Å². The number of aromatic nitrogens is 4. The molecular formula is C37H48N8O6S. The lowest BCUT2D eigenvalue weighted by molar-refractivity contribution is -0.122. The summed E-state index contributed by atoms with van der Waals surface area (Å²) in [7, 11) is 0. The minimum atomic E-state index is -0.334. The SMILES string of the molecule is CC(C)c1cc(-c2nnc(O)n2-c2ccc3c(ccn3CCNC(=O)CCCCCNC(=O)CCCC[C@H]3SC[C@@H]4NC(=O)N[C@@H]43)c2)c(O)cc1O. The summed E-state index contributed by atoms with van der Waals surface area (Å²) < 4.78 is 3.50. The highest BCUT2D eigenvalue weighted by Gasteiger charge is 2.42. The van der Waals surface area contributed by atoms with Crippen molar-refractivity contribution < 1.29 is 29.7 Å². The third kappa shape index (κ3) is 8.57. The Bertz CT molecular complexity index is 1910. The molecule has 2 fully saturated rings. The Balaban J connectivity index is 0.887. The fourth-order valence-corrected chi connectivity index (χ4v) is 8.57. The molecule has 2 aromatic heterocycles. The molecule has 14 nitrogen and oxygen atoms in total. The second kappa shape index (κ2) is 16.6. The van der Waals surface area contributed by atoms with Crippen molar-refractivity contribution in [3.05, 3.63) is 48.2 Å². The quantitative estimate of drug-likeness (QED) is 0.0598. The van der Waals surface area contributed by atoms with Gasteiger partial charge < -0.3 is 41.2 Å². The Hall–Kier alpha value is -4.92. The highest BCUT2D eigenvalue weighted by molar-refractivity contribution is 8.00. The van der Waals surface area contributed by atoms with Crippen LogP contribution in [0.1, 0.15) is 76.7 Å². The van der Waals surface area contributed by atoms with Gasteiger partial charge in [0.2, 0.25) is 11.8 Å². The molecule has 2 aliphatic heterocycles. The minimum absolute atomic E-state index is 0.00352. The third-order valence-corrected chi connectivity index (χ3v) is 11.3. The van der Waals surface area contributed by atoms with Gasteiger partial charge in [0.1, 0.15) is 11.5 Å². The van der Waals surface area contributed by atoms with E-state index < -0.39 is 0 Å². The predicted octanol–water partition coefficient (Wildman–Crippen LogP) is 4.65. The largest absolute Gasteiger partial charge is 0.508 e. The number of rotatable bonds is 17. The standard InChI is InChI=1S/C37H48N8O6S/c1-22(2)25-19-26(30(47)20-29(25)46)35-42-43-37(51)45(35)24-11-12-28-23(18-24)13-16-44(28)17-15-39-33(49)9-4-3-7-14-38-32(48)10-6-5-8-31-34-27(21-52-31)40-36(50)41-34/h11-13,16,18-20,22,27,31,34,46-47H,3-10,14-15,17,21H2,1-2H3,(H,38,48)(H,39,49)(H,43,51)(H2,40,41,50)/t27-,31+,34-/m0/s1. The van der Waals surface area contributed by atoms with Crippen LogP contribution in [-0.4, -0.2) is 88.7 Å². The second-order valence-corrected chi connectivity index (χ2v) is 15.1. The normalized spacial score (nSPS) is 18.1. The molecule has 278 valence electrons. The van der Waals surface area contributed by atoms with Crippen molar-refractivity contribution in [1.29, 1.82) is 0 Å². The van der Waals surface area contributed by atoms with E-state index in [9.17, 15) is 29.7 Å². The average molecular weight is 733 g/mol. The summed E-state index contributed by atoms with van der Waals surface area (Å²) in [6.45, 7) is 5.53. The van der Waals surface area contributed by atoms with Crippen LogP contribution < -0.4 is 21.3 Å². The number of unbranched alkanes of at least 4 members (excludes halogenated alkanes) is 3.